The van der Waals surface area contributed by atoms with Crippen LogP contribution in [-0.2, 0) is 14.8 Å². The molecular formula is C17H19ClF3N3O4S. The Balaban J connectivity index is 2.33. The number of nitriles is 1. The fourth-order valence-electron chi connectivity index (χ4n) is 3.02. The molecule has 1 aliphatic heterocycles. The van der Waals surface area contributed by atoms with E-state index in [-0.39, 0.29) is 28.6 Å². The van der Waals surface area contributed by atoms with E-state index >= 15 is 0 Å². The van der Waals surface area contributed by atoms with Gasteiger partial charge in [-0.2, -0.15) is 22.7 Å². The fraction of sp³-hybridized carbons (Fsp3) is 0.529. The Hall–Kier alpha value is -1.87. The van der Waals surface area contributed by atoms with Gasteiger partial charge in [-0.05, 0) is 39.0 Å². The number of carbonyl (C=O) groups excluding carboxylic acids is 1. The predicted octanol–water partition coefficient (Wildman–Crippen LogP) is 2.13. The van der Waals surface area contributed by atoms with Gasteiger partial charge in [0.25, 0.3) is 5.91 Å². The van der Waals surface area contributed by atoms with Crippen molar-refractivity contribution in [3.8, 4) is 6.07 Å². The number of hydrogen-bond donors (Lipinski definition) is 1. The van der Waals surface area contributed by atoms with Gasteiger partial charge in [0.1, 0.15) is 4.90 Å². The number of benzene rings is 1. The minimum Gasteiger partial charge on any atom is -0.373 e. The molecule has 0 spiro atoms. The summed E-state index contributed by atoms with van der Waals surface area (Å²) in [7, 11) is -4.14. The number of piperazine rings is 1. The van der Waals surface area contributed by atoms with E-state index < -0.39 is 39.8 Å². The van der Waals surface area contributed by atoms with E-state index in [0.717, 1.165) is 9.21 Å². The average molecular weight is 454 g/mol. The topological polar surface area (TPSA) is 102 Å². The van der Waals surface area contributed by atoms with E-state index in [1.165, 1.54) is 32.0 Å². The van der Waals surface area contributed by atoms with Crippen molar-refractivity contribution >= 4 is 27.5 Å². The van der Waals surface area contributed by atoms with Gasteiger partial charge >= 0.3 is 6.18 Å². The predicted molar refractivity (Wildman–Crippen MR) is 97.4 cm³/mol. The lowest BCUT2D eigenvalue weighted by Crippen LogP contribution is -2.65. The van der Waals surface area contributed by atoms with Gasteiger partial charge in [0.05, 0.1) is 16.7 Å². The Morgan fingerprint density at radius 1 is 1.28 bits per heavy atom. The number of nitrogens with zero attached hydrogens (tertiary/aromatic N) is 3. The summed E-state index contributed by atoms with van der Waals surface area (Å²) in [5.41, 5.74) is -3.42. The van der Waals surface area contributed by atoms with Crippen molar-refractivity contribution in [2.75, 3.05) is 13.1 Å². The molecule has 3 atom stereocenters. The molecule has 1 saturated heterocycles. The summed E-state index contributed by atoms with van der Waals surface area (Å²) in [6.45, 7) is 2.55. The first-order valence-corrected chi connectivity index (χ1v) is 10.3. The molecule has 29 heavy (non-hydrogen) atoms. The number of carbonyl (C=O) groups is 1. The second-order valence-electron chi connectivity index (χ2n) is 7.06. The third-order valence-electron chi connectivity index (χ3n) is 4.81. The van der Waals surface area contributed by atoms with Gasteiger partial charge in [0.15, 0.2) is 0 Å². The van der Waals surface area contributed by atoms with E-state index in [9.17, 15) is 31.5 Å². The second-order valence-corrected chi connectivity index (χ2v) is 9.32. The standard InChI is InChI=1S/C17H19ClF3N3O4S/c1-10-9-24(29(27,28)14-5-4-12(7-22)6-13(14)18)11(2)8-23(10)15(25)16(3,26)17(19,20)21/h4-6,10-11,26H,8-9H2,1-3H3/t10-,11-,16?/m1/s1. The van der Waals surface area contributed by atoms with E-state index in [0.29, 0.717) is 6.92 Å². The van der Waals surface area contributed by atoms with Crippen molar-refractivity contribution in [2.24, 2.45) is 0 Å². The lowest BCUT2D eigenvalue weighted by Gasteiger charge is -2.45. The smallest absolute Gasteiger partial charge is 0.373 e. The molecule has 0 radical (unpaired) electrons. The highest BCUT2D eigenvalue weighted by molar-refractivity contribution is 7.89. The highest BCUT2D eigenvalue weighted by Crippen LogP contribution is 2.34. The minimum absolute atomic E-state index is 0.164. The van der Waals surface area contributed by atoms with Crippen LogP contribution in [0.1, 0.15) is 26.3 Å². The van der Waals surface area contributed by atoms with Crippen molar-refractivity contribution in [3.05, 3.63) is 28.8 Å². The Bertz CT molecular complexity index is 960. The highest BCUT2D eigenvalue weighted by Gasteiger charge is 2.58. The molecule has 0 aliphatic carbocycles. The summed E-state index contributed by atoms with van der Waals surface area (Å²) in [5, 5.41) is 18.4. The molecule has 12 heteroatoms. The van der Waals surface area contributed by atoms with Crippen molar-refractivity contribution in [1.82, 2.24) is 9.21 Å². The number of alkyl halides is 3. The van der Waals surface area contributed by atoms with Crippen molar-refractivity contribution in [3.63, 3.8) is 0 Å². The van der Waals surface area contributed by atoms with Gasteiger partial charge in [-0.3, -0.25) is 4.79 Å². The lowest BCUT2D eigenvalue weighted by molar-refractivity contribution is -0.251. The molecule has 1 aromatic carbocycles. The van der Waals surface area contributed by atoms with Gasteiger partial charge < -0.3 is 10.0 Å². The van der Waals surface area contributed by atoms with Crippen LogP contribution < -0.4 is 0 Å². The lowest BCUT2D eigenvalue weighted by atomic mass is 10.0. The Morgan fingerprint density at radius 2 is 1.86 bits per heavy atom. The Kier molecular flexibility index (Phi) is 6.26. The third kappa shape index (κ3) is 4.21. The van der Waals surface area contributed by atoms with E-state index in [4.69, 9.17) is 16.9 Å². The summed E-state index contributed by atoms with van der Waals surface area (Å²) >= 11 is 6.01. The molecule has 7 nitrogen and oxygen atoms in total. The summed E-state index contributed by atoms with van der Waals surface area (Å²) < 4.78 is 66.1. The second kappa shape index (κ2) is 7.75. The van der Waals surface area contributed by atoms with Crippen molar-refractivity contribution < 1.29 is 31.5 Å². The summed E-state index contributed by atoms with van der Waals surface area (Å²) in [6, 6.07) is 3.69. The van der Waals surface area contributed by atoms with Gasteiger partial charge in [-0.25, -0.2) is 8.42 Å². The maximum atomic E-state index is 13.0. The van der Waals surface area contributed by atoms with Crippen LogP contribution >= 0.6 is 11.6 Å². The zero-order valence-electron chi connectivity index (χ0n) is 15.7. The van der Waals surface area contributed by atoms with Crippen LogP contribution in [0.5, 0.6) is 0 Å². The molecule has 0 aromatic heterocycles. The molecule has 1 unspecified atom stereocenters. The Labute approximate surface area is 171 Å². The molecular weight excluding hydrogens is 435 g/mol. The van der Waals surface area contributed by atoms with Crippen LogP contribution in [-0.4, -0.2) is 65.6 Å². The fourth-order valence-corrected chi connectivity index (χ4v) is 5.24. The average Bonchev–Trinajstić information content (AvgIpc) is 2.61. The quantitative estimate of drug-likeness (QED) is 0.755. The molecule has 2 rings (SSSR count). The minimum atomic E-state index is -5.17. The van der Waals surface area contributed by atoms with Gasteiger partial charge in [-0.15, -0.1) is 0 Å². The number of rotatable bonds is 3. The molecule has 1 aromatic rings. The van der Waals surface area contributed by atoms with E-state index in [1.54, 1.807) is 0 Å². The van der Waals surface area contributed by atoms with Crippen LogP contribution in [0, 0.1) is 11.3 Å². The molecule has 0 bridgehead atoms. The number of halogens is 4. The maximum absolute atomic E-state index is 13.0. The first-order chi connectivity index (χ1) is 13.1. The van der Waals surface area contributed by atoms with Crippen LogP contribution in [0.15, 0.2) is 23.1 Å². The van der Waals surface area contributed by atoms with Crippen molar-refractivity contribution in [2.45, 2.75) is 49.5 Å². The van der Waals surface area contributed by atoms with E-state index in [1.807, 2.05) is 6.07 Å². The third-order valence-corrected chi connectivity index (χ3v) is 7.27. The Morgan fingerprint density at radius 3 is 2.34 bits per heavy atom. The summed E-state index contributed by atoms with van der Waals surface area (Å²) in [5.74, 6) is -1.54. The summed E-state index contributed by atoms with van der Waals surface area (Å²) in [4.78, 5) is 12.9. The zero-order valence-corrected chi connectivity index (χ0v) is 17.3. The molecule has 1 aliphatic rings. The number of amides is 1. The number of hydrogen-bond acceptors (Lipinski definition) is 5. The molecule has 1 N–H and O–H groups in total. The van der Waals surface area contributed by atoms with Crippen LogP contribution in [0.25, 0.3) is 0 Å². The first kappa shape index (κ1) is 23.4. The van der Waals surface area contributed by atoms with Crippen LogP contribution in [0.3, 0.4) is 0 Å². The number of aliphatic hydroxyl groups is 1. The number of sulfonamides is 1. The van der Waals surface area contributed by atoms with Crippen molar-refractivity contribution in [1.29, 1.82) is 5.26 Å². The SMILES string of the molecule is C[C@@H]1CN(S(=O)(=O)c2ccc(C#N)cc2Cl)[C@H](C)CN1C(=O)C(C)(O)C(F)(F)F. The maximum Gasteiger partial charge on any atom is 0.426 e. The van der Waals surface area contributed by atoms with Crippen LogP contribution in [0.2, 0.25) is 5.02 Å². The molecule has 0 saturated carbocycles. The van der Waals surface area contributed by atoms with E-state index in [2.05, 4.69) is 0 Å². The monoisotopic (exact) mass is 453 g/mol. The molecule has 1 fully saturated rings. The first-order valence-electron chi connectivity index (χ1n) is 8.46. The van der Waals surface area contributed by atoms with Crippen LogP contribution in [0.4, 0.5) is 13.2 Å². The van der Waals surface area contributed by atoms with Gasteiger partial charge in [-0.1, -0.05) is 11.6 Å². The highest BCUT2D eigenvalue weighted by atomic mass is 35.5. The molecule has 1 heterocycles. The van der Waals surface area contributed by atoms with Gasteiger partial charge in [0, 0.05) is 25.2 Å². The normalized spacial score (nSPS) is 23.3. The summed E-state index contributed by atoms with van der Waals surface area (Å²) in [6.07, 6.45) is -5.17. The molecule has 160 valence electrons. The largest absolute Gasteiger partial charge is 0.426 e. The zero-order chi connectivity index (χ0) is 22.4. The molecule has 1 amide bonds. The van der Waals surface area contributed by atoms with Gasteiger partial charge in [0.2, 0.25) is 15.6 Å².